The summed E-state index contributed by atoms with van der Waals surface area (Å²) in [5.41, 5.74) is 1.44. The maximum Gasteiger partial charge on any atom is 0.318 e. The maximum absolute atomic E-state index is 12.8. The Morgan fingerprint density at radius 1 is 1.03 bits per heavy atom. The fraction of sp³-hybridized carbons (Fsp3) is 0.250. The molecule has 0 amide bonds. The van der Waals surface area contributed by atoms with Gasteiger partial charge in [0.15, 0.2) is 11.5 Å². The van der Waals surface area contributed by atoms with Crippen LogP contribution >= 0.6 is 0 Å². The standard InChI is InChI=1S/C20H21N3O7S/c1-12-5-6-14(10-17(12)31(26,27)23(2)11-18(24)25)20-22-21-19(30-20)13-7-8-15(28-3)16(9-13)29-4/h5-10H,11H2,1-4H3,(H,24,25). The van der Waals surface area contributed by atoms with Crippen LogP contribution in [0, 0.1) is 6.92 Å². The average molecular weight is 447 g/mol. The smallest absolute Gasteiger partial charge is 0.318 e. The molecule has 3 aromatic rings. The Balaban J connectivity index is 1.98. The van der Waals surface area contributed by atoms with Gasteiger partial charge in [0, 0.05) is 18.2 Å². The minimum atomic E-state index is -4.03. The van der Waals surface area contributed by atoms with E-state index in [1.165, 1.54) is 27.3 Å². The Labute approximate surface area is 179 Å². The van der Waals surface area contributed by atoms with E-state index in [1.54, 1.807) is 37.3 Å². The van der Waals surface area contributed by atoms with E-state index in [0.29, 0.717) is 28.2 Å². The van der Waals surface area contributed by atoms with Crippen molar-refractivity contribution >= 4 is 16.0 Å². The Morgan fingerprint density at radius 2 is 1.61 bits per heavy atom. The summed E-state index contributed by atoms with van der Waals surface area (Å²) >= 11 is 0. The van der Waals surface area contributed by atoms with E-state index >= 15 is 0 Å². The van der Waals surface area contributed by atoms with Crippen molar-refractivity contribution in [1.82, 2.24) is 14.5 Å². The number of aliphatic carboxylic acids is 1. The summed E-state index contributed by atoms with van der Waals surface area (Å²) in [7, 11) is 0.218. The minimum absolute atomic E-state index is 0.0420. The van der Waals surface area contributed by atoms with E-state index in [4.69, 9.17) is 19.0 Å². The Hall–Kier alpha value is -3.44. The third kappa shape index (κ3) is 4.52. The van der Waals surface area contributed by atoms with E-state index in [1.807, 2.05) is 0 Å². The average Bonchev–Trinajstić information content (AvgIpc) is 3.23. The number of aryl methyl sites for hydroxylation is 1. The number of carbonyl (C=O) groups is 1. The molecule has 2 aromatic carbocycles. The number of sulfonamides is 1. The monoisotopic (exact) mass is 447 g/mol. The van der Waals surface area contributed by atoms with Crippen molar-refractivity contribution in [2.24, 2.45) is 0 Å². The molecule has 0 aliphatic heterocycles. The number of methoxy groups -OCH3 is 2. The van der Waals surface area contributed by atoms with Crippen molar-refractivity contribution in [3.63, 3.8) is 0 Å². The van der Waals surface area contributed by atoms with Gasteiger partial charge in [-0.25, -0.2) is 8.42 Å². The first-order valence-electron chi connectivity index (χ1n) is 9.02. The highest BCUT2D eigenvalue weighted by molar-refractivity contribution is 7.89. The molecule has 31 heavy (non-hydrogen) atoms. The summed E-state index contributed by atoms with van der Waals surface area (Å²) in [6.45, 7) is 0.962. The molecule has 0 aliphatic rings. The number of rotatable bonds is 8. The minimum Gasteiger partial charge on any atom is -0.493 e. The number of carboxylic acids is 1. The number of hydrogen-bond acceptors (Lipinski definition) is 8. The molecule has 164 valence electrons. The number of likely N-dealkylation sites (N-methyl/N-ethyl adjacent to an activating group) is 1. The molecule has 11 heteroatoms. The molecule has 0 radical (unpaired) electrons. The second-order valence-corrected chi connectivity index (χ2v) is 8.63. The topological polar surface area (TPSA) is 132 Å². The summed E-state index contributed by atoms with van der Waals surface area (Å²) in [5.74, 6) is 0.109. The molecule has 0 saturated carbocycles. The van der Waals surface area contributed by atoms with Crippen LogP contribution in [0.5, 0.6) is 11.5 Å². The molecule has 0 aliphatic carbocycles. The van der Waals surface area contributed by atoms with Gasteiger partial charge in [0.2, 0.25) is 21.8 Å². The number of aromatic nitrogens is 2. The van der Waals surface area contributed by atoms with Crippen LogP contribution in [0.15, 0.2) is 45.7 Å². The van der Waals surface area contributed by atoms with Crippen LogP contribution in [-0.2, 0) is 14.8 Å². The zero-order valence-corrected chi connectivity index (χ0v) is 18.1. The van der Waals surface area contributed by atoms with Crippen molar-refractivity contribution in [3.05, 3.63) is 42.0 Å². The van der Waals surface area contributed by atoms with Crippen molar-refractivity contribution < 1.29 is 32.2 Å². The van der Waals surface area contributed by atoms with E-state index < -0.39 is 22.5 Å². The highest BCUT2D eigenvalue weighted by Crippen LogP contribution is 2.33. The van der Waals surface area contributed by atoms with Gasteiger partial charge in [-0.3, -0.25) is 4.79 Å². The predicted molar refractivity (Wildman–Crippen MR) is 110 cm³/mol. The highest BCUT2D eigenvalue weighted by Gasteiger charge is 2.26. The molecule has 0 bridgehead atoms. The highest BCUT2D eigenvalue weighted by atomic mass is 32.2. The fourth-order valence-electron chi connectivity index (χ4n) is 2.88. The quantitative estimate of drug-likeness (QED) is 0.553. The first kappa shape index (κ1) is 22.2. The van der Waals surface area contributed by atoms with Gasteiger partial charge in [0.25, 0.3) is 0 Å². The molecule has 1 heterocycles. The van der Waals surface area contributed by atoms with Gasteiger partial charge in [-0.1, -0.05) is 6.07 Å². The van der Waals surface area contributed by atoms with Crippen LogP contribution in [0.1, 0.15) is 5.56 Å². The number of hydrogen-bond donors (Lipinski definition) is 1. The van der Waals surface area contributed by atoms with Crippen molar-refractivity contribution in [2.45, 2.75) is 11.8 Å². The van der Waals surface area contributed by atoms with E-state index in [2.05, 4.69) is 10.2 Å². The molecule has 0 saturated heterocycles. The van der Waals surface area contributed by atoms with Crippen molar-refractivity contribution in [1.29, 1.82) is 0 Å². The van der Waals surface area contributed by atoms with Crippen LogP contribution in [0.3, 0.4) is 0 Å². The lowest BCUT2D eigenvalue weighted by Crippen LogP contribution is -2.32. The van der Waals surface area contributed by atoms with Crippen molar-refractivity contribution in [2.75, 3.05) is 27.8 Å². The van der Waals surface area contributed by atoms with Gasteiger partial charge in [-0.15, -0.1) is 10.2 Å². The van der Waals surface area contributed by atoms with Gasteiger partial charge >= 0.3 is 5.97 Å². The van der Waals surface area contributed by atoms with Crippen LogP contribution in [-0.4, -0.2) is 61.8 Å². The molecule has 1 N–H and O–H groups in total. The largest absolute Gasteiger partial charge is 0.493 e. The summed E-state index contributed by atoms with van der Waals surface area (Å²) in [6, 6.07) is 9.74. The van der Waals surface area contributed by atoms with Gasteiger partial charge in [0.05, 0.1) is 19.1 Å². The van der Waals surface area contributed by atoms with Gasteiger partial charge in [0.1, 0.15) is 6.54 Å². The first-order chi connectivity index (χ1) is 14.7. The lowest BCUT2D eigenvalue weighted by atomic mass is 10.1. The van der Waals surface area contributed by atoms with Crippen LogP contribution in [0.25, 0.3) is 22.9 Å². The fourth-order valence-corrected chi connectivity index (χ4v) is 4.25. The molecule has 3 rings (SSSR count). The molecular weight excluding hydrogens is 426 g/mol. The third-order valence-corrected chi connectivity index (χ3v) is 6.48. The second kappa shape index (κ2) is 8.74. The summed E-state index contributed by atoms with van der Waals surface area (Å²) < 4.78 is 42.6. The summed E-state index contributed by atoms with van der Waals surface area (Å²) in [6.07, 6.45) is 0. The van der Waals surface area contributed by atoms with Crippen molar-refractivity contribution in [3.8, 4) is 34.4 Å². The summed E-state index contributed by atoms with van der Waals surface area (Å²) in [5, 5.41) is 17.0. The number of carboxylic acid groups (broad SMARTS) is 1. The lowest BCUT2D eigenvalue weighted by Gasteiger charge is -2.16. The van der Waals surface area contributed by atoms with E-state index in [-0.39, 0.29) is 16.7 Å². The Bertz CT molecular complexity index is 1220. The zero-order valence-electron chi connectivity index (χ0n) is 17.3. The van der Waals surface area contributed by atoms with Gasteiger partial charge in [-0.05, 0) is 42.8 Å². The zero-order chi connectivity index (χ0) is 22.8. The molecule has 1 aromatic heterocycles. The van der Waals surface area contributed by atoms with Crippen LogP contribution in [0.2, 0.25) is 0 Å². The SMILES string of the molecule is COc1ccc(-c2nnc(-c3ccc(C)c(S(=O)(=O)N(C)CC(=O)O)c3)o2)cc1OC. The second-order valence-electron chi connectivity index (χ2n) is 6.62. The number of ether oxygens (including phenoxy) is 2. The van der Waals surface area contributed by atoms with E-state index in [0.717, 1.165) is 4.31 Å². The molecule has 0 spiro atoms. The summed E-state index contributed by atoms with van der Waals surface area (Å²) in [4.78, 5) is 10.9. The molecular formula is C20H21N3O7S. The number of nitrogens with zero attached hydrogens (tertiary/aromatic N) is 3. The molecule has 0 fully saturated rings. The molecule has 0 unspecified atom stereocenters. The maximum atomic E-state index is 12.8. The lowest BCUT2D eigenvalue weighted by molar-refractivity contribution is -0.137. The van der Waals surface area contributed by atoms with E-state index in [9.17, 15) is 13.2 Å². The van der Waals surface area contributed by atoms with Crippen LogP contribution in [0.4, 0.5) is 0 Å². The molecule has 10 nitrogen and oxygen atoms in total. The van der Waals surface area contributed by atoms with Gasteiger partial charge < -0.3 is 19.0 Å². The molecule has 0 atom stereocenters. The Kier molecular flexibility index (Phi) is 6.27. The Morgan fingerprint density at radius 3 is 2.19 bits per heavy atom. The third-order valence-electron chi connectivity index (χ3n) is 4.54. The number of benzene rings is 2. The first-order valence-corrected chi connectivity index (χ1v) is 10.5. The normalized spacial score (nSPS) is 11.5. The van der Waals surface area contributed by atoms with Gasteiger partial charge in [-0.2, -0.15) is 4.31 Å². The van der Waals surface area contributed by atoms with Crippen LogP contribution < -0.4 is 9.47 Å². The predicted octanol–water partition coefficient (Wildman–Crippen LogP) is 2.43.